The van der Waals surface area contributed by atoms with Crippen LogP contribution in [0, 0.1) is 17.3 Å². The molecule has 0 saturated heterocycles. The number of anilines is 1. The molecule has 25 heavy (non-hydrogen) atoms. The van der Waals surface area contributed by atoms with Crippen LogP contribution in [-0.2, 0) is 15.0 Å². The first-order valence-electron chi connectivity index (χ1n) is 9.01. The molecular formula is C21H27NO3. The molecule has 1 fully saturated rings. The largest absolute Gasteiger partial charge is 0.481 e. The van der Waals surface area contributed by atoms with Gasteiger partial charge < -0.3 is 10.4 Å². The fourth-order valence-electron chi connectivity index (χ4n) is 4.01. The van der Waals surface area contributed by atoms with Gasteiger partial charge in [-0.3, -0.25) is 9.59 Å². The lowest BCUT2D eigenvalue weighted by Gasteiger charge is -2.23. The summed E-state index contributed by atoms with van der Waals surface area (Å²) in [7, 11) is 0. The van der Waals surface area contributed by atoms with Crippen LogP contribution in [0.25, 0.3) is 0 Å². The maximum absolute atomic E-state index is 12.4. The summed E-state index contributed by atoms with van der Waals surface area (Å²) in [6, 6.07) is 8.00. The number of amides is 1. The van der Waals surface area contributed by atoms with Gasteiger partial charge in [-0.25, -0.2) is 0 Å². The van der Waals surface area contributed by atoms with Gasteiger partial charge in [0.2, 0.25) is 5.91 Å². The highest BCUT2D eigenvalue weighted by atomic mass is 16.4. The van der Waals surface area contributed by atoms with Crippen molar-refractivity contribution in [1.29, 1.82) is 0 Å². The molecule has 0 bridgehead atoms. The summed E-state index contributed by atoms with van der Waals surface area (Å²) in [5.41, 5.74) is 2.16. The second-order valence-corrected chi connectivity index (χ2v) is 8.51. The zero-order valence-electron chi connectivity index (χ0n) is 15.2. The standard InChI is InChI=1S/C21H27NO3/c1-20(2,3)14-6-8-17(9-7-14)22-18(23)12-15-4-5-16(13-19(24)25)21(15)10-11-21/h4-9,15-16H,10-13H2,1-3H3,(H,22,23)(H,24,25). The summed E-state index contributed by atoms with van der Waals surface area (Å²) < 4.78 is 0. The maximum atomic E-state index is 12.4. The number of rotatable bonds is 5. The van der Waals surface area contributed by atoms with E-state index in [4.69, 9.17) is 5.11 Å². The van der Waals surface area contributed by atoms with Crippen molar-refractivity contribution in [2.45, 2.75) is 51.9 Å². The molecule has 4 nitrogen and oxygen atoms in total. The zero-order chi connectivity index (χ0) is 18.2. The van der Waals surface area contributed by atoms with Gasteiger partial charge in [0.15, 0.2) is 0 Å². The third-order valence-electron chi connectivity index (χ3n) is 5.71. The highest BCUT2D eigenvalue weighted by molar-refractivity contribution is 5.91. The molecule has 2 aliphatic carbocycles. The molecule has 1 aromatic rings. The van der Waals surface area contributed by atoms with E-state index in [1.165, 1.54) is 5.56 Å². The summed E-state index contributed by atoms with van der Waals surface area (Å²) in [5.74, 6) is -0.523. The molecule has 1 aromatic carbocycles. The minimum Gasteiger partial charge on any atom is -0.481 e. The van der Waals surface area contributed by atoms with E-state index >= 15 is 0 Å². The molecule has 2 atom stereocenters. The highest BCUT2D eigenvalue weighted by Gasteiger charge is 2.56. The Hall–Kier alpha value is -2.10. The quantitative estimate of drug-likeness (QED) is 0.782. The van der Waals surface area contributed by atoms with Crippen LogP contribution in [0.2, 0.25) is 0 Å². The van der Waals surface area contributed by atoms with Crippen LogP contribution in [0.4, 0.5) is 5.69 Å². The van der Waals surface area contributed by atoms with Gasteiger partial charge in [0.1, 0.15) is 0 Å². The van der Waals surface area contributed by atoms with Gasteiger partial charge in [-0.1, -0.05) is 45.1 Å². The van der Waals surface area contributed by atoms with Crippen molar-refractivity contribution in [3.05, 3.63) is 42.0 Å². The van der Waals surface area contributed by atoms with Gasteiger partial charge in [0.05, 0.1) is 6.42 Å². The molecule has 0 aromatic heterocycles. The third-order valence-corrected chi connectivity index (χ3v) is 5.71. The third kappa shape index (κ3) is 3.78. The first kappa shape index (κ1) is 17.7. The van der Waals surface area contributed by atoms with Crippen LogP contribution < -0.4 is 5.32 Å². The van der Waals surface area contributed by atoms with Gasteiger partial charge in [-0.2, -0.15) is 0 Å². The predicted molar refractivity (Wildman–Crippen MR) is 98.4 cm³/mol. The molecule has 0 aliphatic heterocycles. The normalized spacial score (nSPS) is 23.6. The number of carboxylic acid groups (broad SMARTS) is 1. The molecule has 2 unspecified atom stereocenters. The van der Waals surface area contributed by atoms with Crippen LogP contribution in [0.15, 0.2) is 36.4 Å². The van der Waals surface area contributed by atoms with Crippen molar-refractivity contribution in [2.75, 3.05) is 5.32 Å². The van der Waals surface area contributed by atoms with Gasteiger partial charge >= 0.3 is 5.97 Å². The van der Waals surface area contributed by atoms with Crippen molar-refractivity contribution in [1.82, 2.24) is 0 Å². The molecule has 1 spiro atoms. The summed E-state index contributed by atoms with van der Waals surface area (Å²) in [6.07, 6.45) is 6.71. The summed E-state index contributed by atoms with van der Waals surface area (Å²) in [4.78, 5) is 23.5. The van der Waals surface area contributed by atoms with E-state index in [-0.39, 0.29) is 35.0 Å². The minimum absolute atomic E-state index is 0.000378. The lowest BCUT2D eigenvalue weighted by Crippen LogP contribution is -2.24. The number of allylic oxidation sites excluding steroid dienone is 2. The average Bonchev–Trinajstić information content (AvgIpc) is 3.24. The topological polar surface area (TPSA) is 66.4 Å². The van der Waals surface area contributed by atoms with E-state index in [9.17, 15) is 9.59 Å². The highest BCUT2D eigenvalue weighted by Crippen LogP contribution is 2.63. The first-order valence-corrected chi connectivity index (χ1v) is 9.01. The van der Waals surface area contributed by atoms with Crippen LogP contribution >= 0.6 is 0 Å². The Morgan fingerprint density at radius 1 is 1.08 bits per heavy atom. The van der Waals surface area contributed by atoms with E-state index in [0.717, 1.165) is 18.5 Å². The number of carbonyl (C=O) groups excluding carboxylic acids is 1. The minimum atomic E-state index is -0.759. The Bertz CT molecular complexity index is 693. The van der Waals surface area contributed by atoms with E-state index < -0.39 is 5.97 Å². The lowest BCUT2D eigenvalue weighted by molar-refractivity contribution is -0.138. The van der Waals surface area contributed by atoms with Crippen LogP contribution in [0.1, 0.15) is 52.0 Å². The number of hydrogen-bond acceptors (Lipinski definition) is 2. The Morgan fingerprint density at radius 3 is 2.12 bits per heavy atom. The van der Waals surface area contributed by atoms with Crippen LogP contribution in [-0.4, -0.2) is 17.0 Å². The van der Waals surface area contributed by atoms with Crippen molar-refractivity contribution < 1.29 is 14.7 Å². The number of benzene rings is 1. The second kappa shape index (κ2) is 6.32. The van der Waals surface area contributed by atoms with E-state index in [0.29, 0.717) is 6.42 Å². The number of aliphatic carboxylic acids is 1. The van der Waals surface area contributed by atoms with Crippen molar-refractivity contribution in [3.8, 4) is 0 Å². The van der Waals surface area contributed by atoms with Gasteiger partial charge in [-0.15, -0.1) is 0 Å². The Labute approximate surface area is 149 Å². The molecule has 1 saturated carbocycles. The number of carboxylic acids is 1. The fourth-order valence-corrected chi connectivity index (χ4v) is 4.01. The van der Waals surface area contributed by atoms with E-state index in [1.54, 1.807) is 0 Å². The summed E-state index contributed by atoms with van der Waals surface area (Å²) in [5, 5.41) is 12.0. The fraction of sp³-hybridized carbons (Fsp3) is 0.524. The zero-order valence-corrected chi connectivity index (χ0v) is 15.2. The molecule has 4 heteroatoms. The Balaban J connectivity index is 1.59. The van der Waals surface area contributed by atoms with Gasteiger partial charge in [0, 0.05) is 12.1 Å². The molecule has 134 valence electrons. The van der Waals surface area contributed by atoms with E-state index in [1.807, 2.05) is 18.2 Å². The van der Waals surface area contributed by atoms with Gasteiger partial charge in [0.25, 0.3) is 0 Å². The number of carbonyl (C=O) groups is 2. The number of nitrogens with one attached hydrogen (secondary N) is 1. The molecule has 2 aliphatic rings. The van der Waals surface area contributed by atoms with Gasteiger partial charge in [-0.05, 0) is 53.2 Å². The van der Waals surface area contributed by atoms with Crippen molar-refractivity contribution >= 4 is 17.6 Å². The Kier molecular flexibility index (Phi) is 4.48. The second-order valence-electron chi connectivity index (χ2n) is 8.51. The first-order chi connectivity index (χ1) is 11.7. The molecule has 2 N–H and O–H groups in total. The monoisotopic (exact) mass is 341 g/mol. The summed E-state index contributed by atoms with van der Waals surface area (Å²) >= 11 is 0. The molecule has 0 heterocycles. The van der Waals surface area contributed by atoms with E-state index in [2.05, 4.69) is 44.3 Å². The SMILES string of the molecule is CC(C)(C)c1ccc(NC(=O)CC2C=CC(CC(=O)O)C23CC3)cc1. The number of hydrogen-bond donors (Lipinski definition) is 2. The molecule has 3 rings (SSSR count). The smallest absolute Gasteiger partial charge is 0.303 e. The van der Waals surface area contributed by atoms with Crippen molar-refractivity contribution in [3.63, 3.8) is 0 Å². The molecular weight excluding hydrogens is 314 g/mol. The molecule has 0 radical (unpaired) electrons. The molecule has 1 amide bonds. The van der Waals surface area contributed by atoms with Crippen molar-refractivity contribution in [2.24, 2.45) is 17.3 Å². The summed E-state index contributed by atoms with van der Waals surface area (Å²) in [6.45, 7) is 6.49. The van der Waals surface area contributed by atoms with Crippen LogP contribution in [0.5, 0.6) is 0 Å². The Morgan fingerprint density at radius 2 is 1.64 bits per heavy atom. The van der Waals surface area contributed by atoms with Crippen LogP contribution in [0.3, 0.4) is 0 Å². The lowest BCUT2D eigenvalue weighted by atomic mass is 9.81. The maximum Gasteiger partial charge on any atom is 0.303 e. The predicted octanol–water partition coefficient (Wildman–Crippen LogP) is 4.37. The average molecular weight is 341 g/mol.